The fraction of sp³-hybridized carbons (Fsp3) is 0.320. The second-order valence-electron chi connectivity index (χ2n) is 8.30. The molecule has 1 N–H and O–H groups in total. The van der Waals surface area contributed by atoms with Crippen molar-refractivity contribution < 1.29 is 4.79 Å². The molecule has 1 saturated heterocycles. The van der Waals surface area contributed by atoms with Crippen molar-refractivity contribution in [1.82, 2.24) is 9.88 Å². The molecule has 1 aromatic heterocycles. The number of piperidine rings is 1. The van der Waals surface area contributed by atoms with Gasteiger partial charge in [0.1, 0.15) is 0 Å². The van der Waals surface area contributed by atoms with Crippen LogP contribution in [0.5, 0.6) is 0 Å². The number of amides is 1. The summed E-state index contributed by atoms with van der Waals surface area (Å²) in [6.07, 6.45) is 6.73. The first-order chi connectivity index (χ1) is 13.7. The summed E-state index contributed by atoms with van der Waals surface area (Å²) in [4.78, 5) is 12.4. The molecule has 0 spiro atoms. The molecule has 2 atom stereocenters. The van der Waals surface area contributed by atoms with Crippen LogP contribution in [0.15, 0.2) is 67.3 Å². The number of aromatic nitrogens is 1. The lowest BCUT2D eigenvalue weighted by Crippen LogP contribution is -2.48. The van der Waals surface area contributed by atoms with Crippen LogP contribution in [0.2, 0.25) is 0 Å². The number of benzene rings is 2. The fourth-order valence-electron chi connectivity index (χ4n) is 5.44. The number of rotatable bonds is 4. The molecule has 2 aromatic carbocycles. The zero-order valence-corrected chi connectivity index (χ0v) is 16.2. The number of nitrogens with zero attached hydrogens (tertiary/aromatic N) is 1. The van der Waals surface area contributed by atoms with Crippen LogP contribution >= 0.6 is 0 Å². The van der Waals surface area contributed by atoms with E-state index in [-0.39, 0.29) is 17.4 Å². The molecule has 2 aliphatic rings. The molecule has 3 aromatic rings. The van der Waals surface area contributed by atoms with Gasteiger partial charge in [0.25, 0.3) is 0 Å². The standard InChI is InChI=1S/C25H26N2O/c1-2-14-25-15-12-21-23(24(25)26-22(28)13-16-25)19-10-6-7-11-20(19)27(21)17-18-8-4-3-5-9-18/h2-11,24H,1,12-17H2,(H,26,28). The van der Waals surface area contributed by atoms with E-state index in [4.69, 9.17) is 0 Å². The Hall–Kier alpha value is -2.81. The zero-order chi connectivity index (χ0) is 19.1. The van der Waals surface area contributed by atoms with Gasteiger partial charge in [0.2, 0.25) is 5.91 Å². The largest absolute Gasteiger partial charge is 0.349 e. The van der Waals surface area contributed by atoms with E-state index in [2.05, 4.69) is 71.1 Å². The van der Waals surface area contributed by atoms with Gasteiger partial charge in [0, 0.05) is 35.1 Å². The lowest BCUT2D eigenvalue weighted by Gasteiger charge is -2.47. The summed E-state index contributed by atoms with van der Waals surface area (Å²) < 4.78 is 2.47. The first kappa shape index (κ1) is 17.3. The summed E-state index contributed by atoms with van der Waals surface area (Å²) >= 11 is 0. The molecule has 0 bridgehead atoms. The average Bonchev–Trinajstić information content (AvgIpc) is 3.04. The third kappa shape index (κ3) is 2.61. The number of nitrogens with one attached hydrogen (secondary N) is 1. The van der Waals surface area contributed by atoms with Gasteiger partial charge in [-0.3, -0.25) is 4.79 Å². The van der Waals surface area contributed by atoms with E-state index < -0.39 is 0 Å². The van der Waals surface area contributed by atoms with Crippen molar-refractivity contribution in [1.29, 1.82) is 0 Å². The van der Waals surface area contributed by atoms with E-state index in [0.29, 0.717) is 6.42 Å². The monoisotopic (exact) mass is 370 g/mol. The minimum absolute atomic E-state index is 0.0809. The summed E-state index contributed by atoms with van der Waals surface area (Å²) in [6.45, 7) is 4.89. The first-order valence-corrected chi connectivity index (χ1v) is 10.3. The number of para-hydroxylation sites is 1. The minimum Gasteiger partial charge on any atom is -0.349 e. The van der Waals surface area contributed by atoms with Crippen molar-refractivity contribution in [2.75, 3.05) is 0 Å². The number of allylic oxidation sites excluding steroid dienone is 1. The predicted molar refractivity (Wildman–Crippen MR) is 113 cm³/mol. The highest BCUT2D eigenvalue weighted by atomic mass is 16.1. The number of carbonyl (C=O) groups excluding carboxylic acids is 1. The number of hydrogen-bond donors (Lipinski definition) is 1. The summed E-state index contributed by atoms with van der Waals surface area (Å²) in [5.41, 5.74) is 5.40. The summed E-state index contributed by atoms with van der Waals surface area (Å²) in [7, 11) is 0. The van der Waals surface area contributed by atoms with Gasteiger partial charge in [-0.25, -0.2) is 0 Å². The van der Waals surface area contributed by atoms with Gasteiger partial charge in [0.05, 0.1) is 6.04 Å². The van der Waals surface area contributed by atoms with Gasteiger partial charge in [-0.15, -0.1) is 6.58 Å². The summed E-state index contributed by atoms with van der Waals surface area (Å²) in [5.74, 6) is 0.178. The van der Waals surface area contributed by atoms with Crippen molar-refractivity contribution in [3.05, 3.63) is 84.1 Å². The van der Waals surface area contributed by atoms with E-state index in [0.717, 1.165) is 32.2 Å². The summed E-state index contributed by atoms with van der Waals surface area (Å²) in [5, 5.41) is 4.66. The maximum Gasteiger partial charge on any atom is 0.220 e. The lowest BCUT2D eigenvalue weighted by atomic mass is 9.63. The Bertz CT molecular complexity index is 1050. The maximum absolute atomic E-state index is 12.4. The van der Waals surface area contributed by atoms with Crippen LogP contribution in [0, 0.1) is 5.41 Å². The molecule has 3 heteroatoms. The molecule has 2 heterocycles. The quantitative estimate of drug-likeness (QED) is 0.633. The van der Waals surface area contributed by atoms with Crippen molar-refractivity contribution in [2.24, 2.45) is 5.41 Å². The second-order valence-corrected chi connectivity index (χ2v) is 8.30. The van der Waals surface area contributed by atoms with E-state index in [1.807, 2.05) is 6.08 Å². The van der Waals surface area contributed by atoms with Crippen molar-refractivity contribution >= 4 is 16.8 Å². The van der Waals surface area contributed by atoms with Crippen molar-refractivity contribution in [3.63, 3.8) is 0 Å². The van der Waals surface area contributed by atoms with E-state index in [9.17, 15) is 4.79 Å². The molecular weight excluding hydrogens is 344 g/mol. The smallest absolute Gasteiger partial charge is 0.220 e. The Labute approximate surface area is 166 Å². The Morgan fingerprint density at radius 2 is 1.82 bits per heavy atom. The normalized spacial score (nSPS) is 23.7. The molecule has 1 amide bonds. The van der Waals surface area contributed by atoms with Crippen LogP contribution in [0.25, 0.3) is 10.9 Å². The van der Waals surface area contributed by atoms with Crippen molar-refractivity contribution in [2.45, 2.75) is 44.7 Å². The Morgan fingerprint density at radius 3 is 2.64 bits per heavy atom. The third-order valence-electron chi connectivity index (χ3n) is 6.77. The predicted octanol–water partition coefficient (Wildman–Crippen LogP) is 5.15. The highest BCUT2D eigenvalue weighted by Gasteiger charge is 2.47. The Balaban J connectivity index is 1.70. The molecule has 2 unspecified atom stereocenters. The second kappa shape index (κ2) is 6.66. The zero-order valence-electron chi connectivity index (χ0n) is 16.2. The molecule has 1 aliphatic heterocycles. The number of fused-ring (bicyclic) bond motifs is 5. The topological polar surface area (TPSA) is 34.0 Å². The van der Waals surface area contributed by atoms with Gasteiger partial charge in [-0.1, -0.05) is 54.6 Å². The van der Waals surface area contributed by atoms with Crippen LogP contribution in [0.1, 0.15) is 48.5 Å². The van der Waals surface area contributed by atoms with Gasteiger partial charge >= 0.3 is 0 Å². The molecular formula is C25H26N2O. The minimum atomic E-state index is 0.0809. The van der Waals surface area contributed by atoms with Gasteiger partial charge < -0.3 is 9.88 Å². The fourth-order valence-corrected chi connectivity index (χ4v) is 5.44. The first-order valence-electron chi connectivity index (χ1n) is 10.3. The molecule has 28 heavy (non-hydrogen) atoms. The molecule has 0 radical (unpaired) electrons. The van der Waals surface area contributed by atoms with Crippen LogP contribution < -0.4 is 5.32 Å². The lowest BCUT2D eigenvalue weighted by molar-refractivity contribution is -0.127. The highest BCUT2D eigenvalue weighted by Crippen LogP contribution is 2.54. The highest BCUT2D eigenvalue weighted by molar-refractivity contribution is 5.88. The third-order valence-corrected chi connectivity index (χ3v) is 6.77. The number of hydrogen-bond acceptors (Lipinski definition) is 1. The number of carbonyl (C=O) groups is 1. The van der Waals surface area contributed by atoms with Crippen LogP contribution in [-0.2, 0) is 17.8 Å². The van der Waals surface area contributed by atoms with E-state index in [1.54, 1.807) is 0 Å². The van der Waals surface area contributed by atoms with Crippen molar-refractivity contribution in [3.8, 4) is 0 Å². The van der Waals surface area contributed by atoms with Crippen LogP contribution in [0.3, 0.4) is 0 Å². The Kier molecular flexibility index (Phi) is 4.12. The van der Waals surface area contributed by atoms with Crippen LogP contribution in [-0.4, -0.2) is 10.5 Å². The summed E-state index contributed by atoms with van der Waals surface area (Å²) in [6, 6.07) is 19.4. The molecule has 5 rings (SSSR count). The molecule has 0 saturated carbocycles. The Morgan fingerprint density at radius 1 is 1.07 bits per heavy atom. The maximum atomic E-state index is 12.4. The average molecular weight is 370 g/mol. The van der Waals surface area contributed by atoms with E-state index >= 15 is 0 Å². The van der Waals surface area contributed by atoms with E-state index in [1.165, 1.54) is 27.7 Å². The van der Waals surface area contributed by atoms with Gasteiger partial charge in [0.15, 0.2) is 0 Å². The molecule has 1 aliphatic carbocycles. The van der Waals surface area contributed by atoms with Gasteiger partial charge in [-0.2, -0.15) is 0 Å². The molecule has 142 valence electrons. The van der Waals surface area contributed by atoms with Gasteiger partial charge in [-0.05, 0) is 42.7 Å². The SMILES string of the molecule is C=CCC12CCC(=O)NC1c1c(n(Cc3ccccc3)c3ccccc13)CC2. The van der Waals surface area contributed by atoms with Crippen LogP contribution in [0.4, 0.5) is 0 Å². The molecule has 3 nitrogen and oxygen atoms in total. The molecule has 1 fully saturated rings.